The van der Waals surface area contributed by atoms with E-state index in [1.165, 1.54) is 23.5 Å². The topological polar surface area (TPSA) is 48.4 Å². The maximum absolute atomic E-state index is 13.0. The molecule has 0 aliphatic carbocycles. The molecule has 3 rings (SSSR count). The predicted octanol–water partition coefficient (Wildman–Crippen LogP) is 4.77. The van der Waals surface area contributed by atoms with Crippen molar-refractivity contribution in [2.45, 2.75) is 26.6 Å². The number of aromatic nitrogens is 1. The summed E-state index contributed by atoms with van der Waals surface area (Å²) in [4.78, 5) is 16.5. The minimum Gasteiger partial charge on any atom is -0.479 e. The van der Waals surface area contributed by atoms with Crippen LogP contribution >= 0.6 is 11.3 Å². The molecule has 0 radical (unpaired) electrons. The van der Waals surface area contributed by atoms with Gasteiger partial charge in [0.1, 0.15) is 23.2 Å². The van der Waals surface area contributed by atoms with Crippen LogP contribution in [0.2, 0.25) is 0 Å². The molecule has 0 spiro atoms. The smallest absolute Gasteiger partial charge is 0.347 e. The van der Waals surface area contributed by atoms with Crippen LogP contribution in [0.4, 0.5) is 4.39 Å². The molecule has 0 amide bonds. The number of benzene rings is 2. The lowest BCUT2D eigenvalue weighted by atomic mass is 10.2. The summed E-state index contributed by atoms with van der Waals surface area (Å²) < 4.78 is 23.8. The van der Waals surface area contributed by atoms with Crippen LogP contribution in [0.15, 0.2) is 53.9 Å². The van der Waals surface area contributed by atoms with Gasteiger partial charge in [-0.15, -0.1) is 11.3 Å². The van der Waals surface area contributed by atoms with Crippen molar-refractivity contribution in [2.24, 2.45) is 0 Å². The van der Waals surface area contributed by atoms with E-state index in [-0.39, 0.29) is 12.4 Å². The number of hydrogen-bond acceptors (Lipinski definition) is 5. The van der Waals surface area contributed by atoms with E-state index in [4.69, 9.17) is 9.47 Å². The van der Waals surface area contributed by atoms with E-state index in [2.05, 4.69) is 4.98 Å². The molecular weight excluding hydrogens is 353 g/mol. The van der Waals surface area contributed by atoms with E-state index < -0.39 is 12.1 Å². The van der Waals surface area contributed by atoms with E-state index in [1.807, 2.05) is 36.6 Å². The number of nitrogens with zero attached hydrogens (tertiary/aromatic N) is 1. The number of halogens is 1. The van der Waals surface area contributed by atoms with Crippen LogP contribution in [0.1, 0.15) is 18.2 Å². The number of esters is 1. The summed E-state index contributed by atoms with van der Waals surface area (Å²) in [6, 6.07) is 13.6. The molecule has 3 aromatic rings. The molecule has 0 saturated carbocycles. The Morgan fingerprint density at radius 3 is 2.54 bits per heavy atom. The Hall–Kier alpha value is -2.73. The molecule has 0 aliphatic rings. The van der Waals surface area contributed by atoms with Gasteiger partial charge < -0.3 is 9.47 Å². The Labute approximate surface area is 155 Å². The number of carbonyl (C=O) groups is 1. The standard InChI is InChI=1S/C20H18FNO3S/c1-13-3-9-18(10-4-13)25-14(2)20(23)24-11-17-12-26-19(22-17)15-5-7-16(21)8-6-15/h3-10,12,14H,11H2,1-2H3. The number of aryl methyl sites for hydroxylation is 1. The zero-order valence-electron chi connectivity index (χ0n) is 14.4. The Morgan fingerprint density at radius 2 is 1.85 bits per heavy atom. The van der Waals surface area contributed by atoms with E-state index >= 15 is 0 Å². The quantitative estimate of drug-likeness (QED) is 0.586. The van der Waals surface area contributed by atoms with Crippen LogP contribution in [0.25, 0.3) is 10.6 Å². The summed E-state index contributed by atoms with van der Waals surface area (Å²) in [6.07, 6.45) is -0.715. The van der Waals surface area contributed by atoms with E-state index in [0.29, 0.717) is 11.4 Å². The van der Waals surface area contributed by atoms with Crippen LogP contribution in [-0.2, 0) is 16.1 Å². The lowest BCUT2D eigenvalue weighted by molar-refractivity contribution is -0.152. The van der Waals surface area contributed by atoms with Gasteiger partial charge in [-0.25, -0.2) is 14.2 Å². The Kier molecular flexibility index (Phi) is 5.63. The van der Waals surface area contributed by atoms with Gasteiger partial charge in [-0.05, 0) is 50.2 Å². The first kappa shape index (κ1) is 18.1. The minimum atomic E-state index is -0.715. The fourth-order valence-electron chi connectivity index (χ4n) is 2.23. The normalized spacial score (nSPS) is 11.8. The van der Waals surface area contributed by atoms with Gasteiger partial charge >= 0.3 is 5.97 Å². The number of ether oxygens (including phenoxy) is 2. The van der Waals surface area contributed by atoms with Crippen molar-refractivity contribution < 1.29 is 18.7 Å². The van der Waals surface area contributed by atoms with Crippen molar-refractivity contribution >= 4 is 17.3 Å². The molecule has 0 fully saturated rings. The maximum atomic E-state index is 13.0. The number of carbonyl (C=O) groups excluding carboxylic acids is 1. The molecule has 0 aliphatic heterocycles. The van der Waals surface area contributed by atoms with E-state index in [0.717, 1.165) is 16.1 Å². The highest BCUT2D eigenvalue weighted by molar-refractivity contribution is 7.13. The van der Waals surface area contributed by atoms with Crippen molar-refractivity contribution in [3.8, 4) is 16.3 Å². The second-order valence-corrected chi connectivity index (χ2v) is 6.69. The average molecular weight is 371 g/mol. The summed E-state index contributed by atoms with van der Waals surface area (Å²) in [6.45, 7) is 3.70. The molecule has 0 bridgehead atoms. The first-order chi connectivity index (χ1) is 12.5. The van der Waals surface area contributed by atoms with Crippen LogP contribution in [-0.4, -0.2) is 17.1 Å². The van der Waals surface area contributed by atoms with Crippen LogP contribution in [0, 0.1) is 12.7 Å². The molecule has 0 saturated heterocycles. The van der Waals surface area contributed by atoms with Gasteiger partial charge in [0.25, 0.3) is 0 Å². The van der Waals surface area contributed by atoms with Crippen LogP contribution in [0.5, 0.6) is 5.75 Å². The van der Waals surface area contributed by atoms with Crippen molar-refractivity contribution in [3.63, 3.8) is 0 Å². The molecule has 1 heterocycles. The number of thiazole rings is 1. The summed E-state index contributed by atoms with van der Waals surface area (Å²) in [7, 11) is 0. The summed E-state index contributed by atoms with van der Waals surface area (Å²) in [5.41, 5.74) is 2.59. The molecule has 6 heteroatoms. The molecule has 2 aromatic carbocycles. The zero-order valence-corrected chi connectivity index (χ0v) is 15.3. The van der Waals surface area contributed by atoms with Gasteiger partial charge in [-0.2, -0.15) is 0 Å². The minimum absolute atomic E-state index is 0.0676. The predicted molar refractivity (Wildman–Crippen MR) is 98.6 cm³/mol. The first-order valence-corrected chi connectivity index (χ1v) is 8.99. The molecule has 0 N–H and O–H groups in total. The maximum Gasteiger partial charge on any atom is 0.347 e. The average Bonchev–Trinajstić information content (AvgIpc) is 3.11. The lowest BCUT2D eigenvalue weighted by Crippen LogP contribution is -2.26. The SMILES string of the molecule is Cc1ccc(OC(C)C(=O)OCc2csc(-c3ccc(F)cc3)n2)cc1. The molecule has 1 aromatic heterocycles. The highest BCUT2D eigenvalue weighted by Crippen LogP contribution is 2.24. The van der Waals surface area contributed by atoms with Crippen molar-refractivity contribution in [1.82, 2.24) is 4.98 Å². The van der Waals surface area contributed by atoms with Gasteiger partial charge in [0.15, 0.2) is 6.10 Å². The molecule has 1 unspecified atom stereocenters. The molecular formula is C20H18FNO3S. The number of hydrogen-bond donors (Lipinski definition) is 0. The summed E-state index contributed by atoms with van der Waals surface area (Å²) >= 11 is 1.42. The van der Waals surface area contributed by atoms with Crippen molar-refractivity contribution in [2.75, 3.05) is 0 Å². The van der Waals surface area contributed by atoms with Crippen LogP contribution in [0.3, 0.4) is 0 Å². The largest absolute Gasteiger partial charge is 0.479 e. The Morgan fingerprint density at radius 1 is 1.15 bits per heavy atom. The van der Waals surface area contributed by atoms with E-state index in [9.17, 15) is 9.18 Å². The van der Waals surface area contributed by atoms with Crippen molar-refractivity contribution in [3.05, 3.63) is 71.0 Å². The molecule has 26 heavy (non-hydrogen) atoms. The molecule has 134 valence electrons. The fourth-order valence-corrected chi connectivity index (χ4v) is 3.04. The summed E-state index contributed by atoms with van der Waals surface area (Å²) in [5.74, 6) is -0.128. The monoisotopic (exact) mass is 371 g/mol. The highest BCUT2D eigenvalue weighted by atomic mass is 32.1. The second kappa shape index (κ2) is 8.10. The zero-order chi connectivity index (χ0) is 18.5. The third-order valence-electron chi connectivity index (χ3n) is 3.67. The lowest BCUT2D eigenvalue weighted by Gasteiger charge is -2.13. The van der Waals surface area contributed by atoms with Gasteiger partial charge in [0, 0.05) is 10.9 Å². The van der Waals surface area contributed by atoms with Crippen molar-refractivity contribution in [1.29, 1.82) is 0 Å². The molecule has 4 nitrogen and oxygen atoms in total. The third kappa shape index (κ3) is 4.67. The van der Waals surface area contributed by atoms with Crippen LogP contribution < -0.4 is 4.74 Å². The fraction of sp³-hybridized carbons (Fsp3) is 0.200. The van der Waals surface area contributed by atoms with E-state index in [1.54, 1.807) is 19.1 Å². The van der Waals surface area contributed by atoms with Gasteiger partial charge in [-0.3, -0.25) is 0 Å². The first-order valence-electron chi connectivity index (χ1n) is 8.11. The molecule has 1 atom stereocenters. The van der Waals surface area contributed by atoms with Gasteiger partial charge in [0.2, 0.25) is 0 Å². The second-order valence-electron chi connectivity index (χ2n) is 5.83. The Balaban J connectivity index is 1.54. The number of rotatable bonds is 6. The summed E-state index contributed by atoms with van der Waals surface area (Å²) in [5, 5.41) is 2.57. The third-order valence-corrected chi connectivity index (χ3v) is 4.61. The Bertz CT molecular complexity index is 875. The van der Waals surface area contributed by atoms with Gasteiger partial charge in [-0.1, -0.05) is 17.7 Å². The highest BCUT2D eigenvalue weighted by Gasteiger charge is 2.17. The van der Waals surface area contributed by atoms with Gasteiger partial charge in [0.05, 0.1) is 5.69 Å².